The third-order valence-corrected chi connectivity index (χ3v) is 2.55. The zero-order valence-electron chi connectivity index (χ0n) is 11.5. The third kappa shape index (κ3) is 4.75. The summed E-state index contributed by atoms with van der Waals surface area (Å²) in [4.78, 5) is 24.4. The van der Waals surface area contributed by atoms with E-state index in [1.807, 2.05) is 11.8 Å². The van der Waals surface area contributed by atoms with Gasteiger partial charge < -0.3 is 13.9 Å². The number of rotatable bonds is 7. The van der Waals surface area contributed by atoms with Crippen molar-refractivity contribution in [3.05, 3.63) is 23.7 Å². The second-order valence-electron chi connectivity index (χ2n) is 4.04. The molecule has 0 aliphatic rings. The number of methoxy groups -OCH3 is 2. The number of hydrogen-bond donors (Lipinski definition) is 0. The van der Waals surface area contributed by atoms with Crippen molar-refractivity contribution in [2.24, 2.45) is 0 Å². The standard InChI is InChI=1S/C13H19NO5/c1-4-7-14(9-12(15)17-2)8-10-5-6-11(19-10)13(16)18-3/h5-6H,4,7-9H2,1-3H3. The average Bonchev–Trinajstić information content (AvgIpc) is 2.86. The van der Waals surface area contributed by atoms with E-state index in [1.165, 1.54) is 14.2 Å². The van der Waals surface area contributed by atoms with Crippen LogP contribution in [0.1, 0.15) is 29.7 Å². The van der Waals surface area contributed by atoms with Gasteiger partial charge in [0.25, 0.3) is 0 Å². The molecule has 0 fully saturated rings. The molecule has 0 aliphatic carbocycles. The maximum absolute atomic E-state index is 11.3. The highest BCUT2D eigenvalue weighted by atomic mass is 16.5. The first-order valence-electron chi connectivity index (χ1n) is 6.06. The summed E-state index contributed by atoms with van der Waals surface area (Å²) >= 11 is 0. The van der Waals surface area contributed by atoms with Crippen LogP contribution < -0.4 is 0 Å². The number of nitrogens with zero attached hydrogens (tertiary/aromatic N) is 1. The van der Waals surface area contributed by atoms with Gasteiger partial charge in [-0.25, -0.2) is 4.79 Å². The molecule has 106 valence electrons. The van der Waals surface area contributed by atoms with Crippen molar-refractivity contribution < 1.29 is 23.5 Å². The second kappa shape index (κ2) is 7.58. The van der Waals surface area contributed by atoms with E-state index in [2.05, 4.69) is 9.47 Å². The molecule has 0 amide bonds. The minimum absolute atomic E-state index is 0.159. The number of esters is 2. The molecule has 1 rings (SSSR count). The summed E-state index contributed by atoms with van der Waals surface area (Å²) in [5.74, 6) is -0.0424. The fraction of sp³-hybridized carbons (Fsp3) is 0.538. The lowest BCUT2D eigenvalue weighted by atomic mass is 10.3. The first kappa shape index (κ1) is 15.2. The van der Waals surface area contributed by atoms with Gasteiger partial charge >= 0.3 is 11.9 Å². The average molecular weight is 269 g/mol. The summed E-state index contributed by atoms with van der Waals surface area (Å²) in [7, 11) is 2.65. The fourth-order valence-electron chi connectivity index (χ4n) is 1.67. The van der Waals surface area contributed by atoms with Crippen molar-refractivity contribution in [1.82, 2.24) is 4.90 Å². The van der Waals surface area contributed by atoms with Gasteiger partial charge in [-0.1, -0.05) is 6.92 Å². The zero-order valence-corrected chi connectivity index (χ0v) is 11.5. The van der Waals surface area contributed by atoms with Gasteiger partial charge in [-0.3, -0.25) is 9.69 Å². The fourth-order valence-corrected chi connectivity index (χ4v) is 1.67. The molecule has 0 saturated carbocycles. The Morgan fingerprint density at radius 1 is 1.26 bits per heavy atom. The van der Waals surface area contributed by atoms with E-state index >= 15 is 0 Å². The van der Waals surface area contributed by atoms with Gasteiger partial charge in [0.05, 0.1) is 27.3 Å². The molecule has 0 radical (unpaired) electrons. The van der Waals surface area contributed by atoms with Crippen molar-refractivity contribution >= 4 is 11.9 Å². The number of carbonyl (C=O) groups excluding carboxylic acids is 2. The van der Waals surface area contributed by atoms with Gasteiger partial charge in [-0.05, 0) is 25.1 Å². The van der Waals surface area contributed by atoms with E-state index in [1.54, 1.807) is 12.1 Å². The molecule has 1 aromatic heterocycles. The molecule has 19 heavy (non-hydrogen) atoms. The topological polar surface area (TPSA) is 69.0 Å². The predicted octanol–water partition coefficient (Wildman–Crippen LogP) is 1.45. The summed E-state index contributed by atoms with van der Waals surface area (Å²) in [6, 6.07) is 3.26. The predicted molar refractivity (Wildman–Crippen MR) is 67.6 cm³/mol. The molecule has 0 unspecified atom stereocenters. The molecule has 1 heterocycles. The van der Waals surface area contributed by atoms with E-state index in [0.717, 1.165) is 13.0 Å². The monoisotopic (exact) mass is 269 g/mol. The van der Waals surface area contributed by atoms with Gasteiger partial charge in [0.2, 0.25) is 5.76 Å². The largest absolute Gasteiger partial charge is 0.468 e. The normalized spacial score (nSPS) is 10.5. The Bertz CT molecular complexity index is 426. The van der Waals surface area contributed by atoms with Crippen LogP contribution in [0, 0.1) is 0 Å². The van der Waals surface area contributed by atoms with Crippen LogP contribution in [0.25, 0.3) is 0 Å². The Hall–Kier alpha value is -1.82. The maximum Gasteiger partial charge on any atom is 0.373 e. The summed E-state index contributed by atoms with van der Waals surface area (Å²) in [6.07, 6.45) is 0.904. The van der Waals surface area contributed by atoms with Crippen LogP contribution >= 0.6 is 0 Å². The van der Waals surface area contributed by atoms with Crippen molar-refractivity contribution in [3.8, 4) is 0 Å². The molecular formula is C13H19NO5. The SMILES string of the molecule is CCCN(CC(=O)OC)Cc1ccc(C(=O)OC)o1. The first-order valence-corrected chi connectivity index (χ1v) is 6.06. The van der Waals surface area contributed by atoms with Crippen LogP contribution in [0.2, 0.25) is 0 Å². The highest BCUT2D eigenvalue weighted by Gasteiger charge is 2.15. The van der Waals surface area contributed by atoms with Crippen molar-refractivity contribution in [2.75, 3.05) is 27.3 Å². The molecular weight excluding hydrogens is 250 g/mol. The van der Waals surface area contributed by atoms with E-state index in [-0.39, 0.29) is 18.3 Å². The summed E-state index contributed by atoms with van der Waals surface area (Å²) < 4.78 is 14.6. The van der Waals surface area contributed by atoms with Crippen molar-refractivity contribution in [1.29, 1.82) is 0 Å². The molecule has 0 atom stereocenters. The van der Waals surface area contributed by atoms with Gasteiger partial charge in [0.1, 0.15) is 5.76 Å². The molecule has 0 saturated heterocycles. The van der Waals surface area contributed by atoms with Crippen molar-refractivity contribution in [2.45, 2.75) is 19.9 Å². The first-order chi connectivity index (χ1) is 9.10. The van der Waals surface area contributed by atoms with Gasteiger partial charge in [0.15, 0.2) is 0 Å². The zero-order chi connectivity index (χ0) is 14.3. The number of carbonyl (C=O) groups is 2. The second-order valence-corrected chi connectivity index (χ2v) is 4.04. The molecule has 6 heteroatoms. The molecule has 1 aromatic rings. The Balaban J connectivity index is 2.65. The Morgan fingerprint density at radius 3 is 2.58 bits per heavy atom. The minimum Gasteiger partial charge on any atom is -0.468 e. The van der Waals surface area contributed by atoms with Crippen LogP contribution in [-0.4, -0.2) is 44.1 Å². The molecule has 6 nitrogen and oxygen atoms in total. The lowest BCUT2D eigenvalue weighted by Gasteiger charge is -2.18. The quantitative estimate of drug-likeness (QED) is 0.698. The molecule has 0 aromatic carbocycles. The molecule has 0 N–H and O–H groups in total. The number of ether oxygens (including phenoxy) is 2. The Morgan fingerprint density at radius 2 is 2.00 bits per heavy atom. The lowest BCUT2D eigenvalue weighted by molar-refractivity contribution is -0.142. The highest BCUT2D eigenvalue weighted by Crippen LogP contribution is 2.12. The number of hydrogen-bond acceptors (Lipinski definition) is 6. The van der Waals surface area contributed by atoms with Gasteiger partial charge in [0, 0.05) is 0 Å². The lowest BCUT2D eigenvalue weighted by Crippen LogP contribution is -2.30. The summed E-state index contributed by atoms with van der Waals surface area (Å²) in [5.41, 5.74) is 0. The third-order valence-electron chi connectivity index (χ3n) is 2.55. The van der Waals surface area contributed by atoms with Crippen LogP contribution in [-0.2, 0) is 20.8 Å². The minimum atomic E-state index is -0.513. The van der Waals surface area contributed by atoms with Crippen molar-refractivity contribution in [3.63, 3.8) is 0 Å². The highest BCUT2D eigenvalue weighted by molar-refractivity contribution is 5.86. The van der Waals surface area contributed by atoms with Crippen LogP contribution in [0.15, 0.2) is 16.5 Å². The van der Waals surface area contributed by atoms with Crippen LogP contribution in [0.3, 0.4) is 0 Å². The van der Waals surface area contributed by atoms with E-state index in [4.69, 9.17) is 4.42 Å². The van der Waals surface area contributed by atoms with E-state index < -0.39 is 5.97 Å². The summed E-state index contributed by atoms with van der Waals surface area (Å²) in [6.45, 7) is 3.40. The van der Waals surface area contributed by atoms with E-state index in [9.17, 15) is 9.59 Å². The molecule has 0 spiro atoms. The molecule has 0 aliphatic heterocycles. The van der Waals surface area contributed by atoms with E-state index in [0.29, 0.717) is 12.3 Å². The number of furan rings is 1. The maximum atomic E-state index is 11.3. The summed E-state index contributed by atoms with van der Waals surface area (Å²) in [5, 5.41) is 0. The van der Waals surface area contributed by atoms with Gasteiger partial charge in [-0.15, -0.1) is 0 Å². The smallest absolute Gasteiger partial charge is 0.373 e. The van der Waals surface area contributed by atoms with Gasteiger partial charge in [-0.2, -0.15) is 0 Å². The molecule has 0 bridgehead atoms. The van der Waals surface area contributed by atoms with Crippen LogP contribution in [0.4, 0.5) is 0 Å². The Labute approximate surface area is 112 Å². The van der Waals surface area contributed by atoms with Crippen LogP contribution in [0.5, 0.6) is 0 Å². The Kier molecular flexibility index (Phi) is 6.08.